The van der Waals surface area contributed by atoms with E-state index in [2.05, 4.69) is 0 Å². The van der Waals surface area contributed by atoms with Gasteiger partial charge in [-0.05, 0) is 30.7 Å². The number of hydrogen-bond donors (Lipinski definition) is 1. The monoisotopic (exact) mass is 275 g/mol. The zero-order valence-corrected chi connectivity index (χ0v) is 11.4. The molecule has 0 saturated heterocycles. The molecule has 0 unspecified atom stereocenters. The molecule has 0 radical (unpaired) electrons. The molecule has 3 nitrogen and oxygen atoms in total. The first kappa shape index (κ1) is 14.3. The van der Waals surface area contributed by atoms with Gasteiger partial charge in [0.1, 0.15) is 12.4 Å². The number of benzene rings is 2. The maximum atomic E-state index is 14.0. The van der Waals surface area contributed by atoms with Gasteiger partial charge in [-0.15, -0.1) is 0 Å². The molecule has 0 spiro atoms. The molecule has 2 aromatic rings. The van der Waals surface area contributed by atoms with Crippen molar-refractivity contribution < 1.29 is 13.9 Å². The summed E-state index contributed by atoms with van der Waals surface area (Å²) >= 11 is 0. The fraction of sp³-hybridized carbons (Fsp3) is 0.250. The topological polar surface area (TPSA) is 44.5 Å². The molecule has 4 heteroatoms. The van der Waals surface area contributed by atoms with E-state index in [4.69, 9.17) is 15.2 Å². The molecule has 0 aliphatic heterocycles. The molecule has 0 aromatic heterocycles. The van der Waals surface area contributed by atoms with E-state index in [0.717, 1.165) is 17.7 Å². The van der Waals surface area contributed by atoms with Crippen molar-refractivity contribution in [1.82, 2.24) is 0 Å². The first-order valence-corrected chi connectivity index (χ1v) is 6.48. The minimum atomic E-state index is -0.383. The van der Waals surface area contributed by atoms with Crippen molar-refractivity contribution in [1.29, 1.82) is 0 Å². The van der Waals surface area contributed by atoms with Gasteiger partial charge in [-0.2, -0.15) is 0 Å². The summed E-state index contributed by atoms with van der Waals surface area (Å²) < 4.78 is 24.7. The van der Waals surface area contributed by atoms with Crippen LogP contribution in [0, 0.1) is 5.82 Å². The summed E-state index contributed by atoms with van der Waals surface area (Å²) in [5.41, 5.74) is 7.06. The molecular formula is C16H18FNO2. The quantitative estimate of drug-likeness (QED) is 0.881. The van der Waals surface area contributed by atoms with Gasteiger partial charge in [-0.25, -0.2) is 4.39 Å². The zero-order chi connectivity index (χ0) is 14.4. The predicted octanol–water partition coefficient (Wildman–Crippen LogP) is 2.91. The Kier molecular flexibility index (Phi) is 4.96. The van der Waals surface area contributed by atoms with Crippen molar-refractivity contribution in [3.63, 3.8) is 0 Å². The Morgan fingerprint density at radius 2 is 1.70 bits per heavy atom. The molecule has 0 atom stereocenters. The number of nitrogens with two attached hydrogens (primary N) is 1. The summed E-state index contributed by atoms with van der Waals surface area (Å²) in [6.45, 7) is 0.707. The van der Waals surface area contributed by atoms with Crippen LogP contribution in [0.15, 0.2) is 42.5 Å². The van der Waals surface area contributed by atoms with E-state index in [1.165, 1.54) is 7.11 Å². The minimum absolute atomic E-state index is 0.157. The standard InChI is InChI=1S/C16H18FNO2/c1-19-15-8-4-6-13(16(15)17)11-20-14-7-3-2-5-12(14)9-10-18/h2-8H,9-11,18H2,1H3. The molecule has 2 aromatic carbocycles. The maximum absolute atomic E-state index is 14.0. The van der Waals surface area contributed by atoms with E-state index in [-0.39, 0.29) is 18.2 Å². The fourth-order valence-corrected chi connectivity index (χ4v) is 1.99. The second-order valence-electron chi connectivity index (χ2n) is 4.37. The first-order valence-electron chi connectivity index (χ1n) is 6.48. The Hall–Kier alpha value is -2.07. The lowest BCUT2D eigenvalue weighted by Gasteiger charge is -2.12. The molecule has 0 fully saturated rings. The summed E-state index contributed by atoms with van der Waals surface area (Å²) in [5, 5.41) is 0. The number of hydrogen-bond acceptors (Lipinski definition) is 3. The van der Waals surface area contributed by atoms with Crippen LogP contribution in [-0.4, -0.2) is 13.7 Å². The normalized spacial score (nSPS) is 10.3. The lowest BCUT2D eigenvalue weighted by Crippen LogP contribution is -2.06. The van der Waals surface area contributed by atoms with Gasteiger partial charge in [0.15, 0.2) is 11.6 Å². The molecule has 0 aliphatic carbocycles. The van der Waals surface area contributed by atoms with E-state index in [1.54, 1.807) is 18.2 Å². The van der Waals surface area contributed by atoms with E-state index in [1.807, 2.05) is 24.3 Å². The summed E-state index contributed by atoms with van der Waals surface area (Å²) in [6, 6.07) is 12.7. The number of ether oxygens (including phenoxy) is 2. The molecule has 0 aliphatic rings. The molecule has 0 saturated carbocycles. The molecule has 20 heavy (non-hydrogen) atoms. The van der Waals surface area contributed by atoms with Crippen molar-refractivity contribution in [2.24, 2.45) is 5.73 Å². The SMILES string of the molecule is COc1cccc(COc2ccccc2CCN)c1F. The van der Waals surface area contributed by atoms with Crippen molar-refractivity contribution in [2.45, 2.75) is 13.0 Å². The van der Waals surface area contributed by atoms with Crippen LogP contribution >= 0.6 is 0 Å². The van der Waals surface area contributed by atoms with Crippen LogP contribution in [0.4, 0.5) is 4.39 Å². The summed E-state index contributed by atoms with van der Waals surface area (Å²) in [4.78, 5) is 0. The van der Waals surface area contributed by atoms with Gasteiger partial charge in [0.25, 0.3) is 0 Å². The minimum Gasteiger partial charge on any atom is -0.494 e. The van der Waals surface area contributed by atoms with Gasteiger partial charge in [0.2, 0.25) is 0 Å². The molecule has 106 valence electrons. The van der Waals surface area contributed by atoms with E-state index >= 15 is 0 Å². The van der Waals surface area contributed by atoms with Gasteiger partial charge in [0.05, 0.1) is 7.11 Å². The predicted molar refractivity (Wildman–Crippen MR) is 76.5 cm³/mol. The average molecular weight is 275 g/mol. The number of para-hydroxylation sites is 1. The molecule has 2 N–H and O–H groups in total. The molecule has 0 bridgehead atoms. The van der Waals surface area contributed by atoms with Crippen LogP contribution in [0.25, 0.3) is 0 Å². The van der Waals surface area contributed by atoms with Gasteiger partial charge in [-0.1, -0.05) is 30.3 Å². The Morgan fingerprint density at radius 1 is 1.00 bits per heavy atom. The van der Waals surface area contributed by atoms with Crippen molar-refractivity contribution in [3.8, 4) is 11.5 Å². The van der Waals surface area contributed by atoms with E-state index in [9.17, 15) is 4.39 Å². The van der Waals surface area contributed by atoms with Crippen LogP contribution in [-0.2, 0) is 13.0 Å². The van der Waals surface area contributed by atoms with Crippen molar-refractivity contribution >= 4 is 0 Å². The van der Waals surface area contributed by atoms with Gasteiger partial charge in [-0.3, -0.25) is 0 Å². The Balaban J connectivity index is 2.13. The smallest absolute Gasteiger partial charge is 0.171 e. The highest BCUT2D eigenvalue weighted by Crippen LogP contribution is 2.23. The summed E-state index contributed by atoms with van der Waals surface area (Å²) in [5.74, 6) is 0.577. The Morgan fingerprint density at radius 3 is 2.45 bits per heavy atom. The second-order valence-corrected chi connectivity index (χ2v) is 4.37. The van der Waals surface area contributed by atoms with Gasteiger partial charge < -0.3 is 15.2 Å². The summed E-state index contributed by atoms with van der Waals surface area (Å²) in [6.07, 6.45) is 0.733. The third-order valence-corrected chi connectivity index (χ3v) is 3.03. The average Bonchev–Trinajstić information content (AvgIpc) is 2.48. The third kappa shape index (κ3) is 3.27. The van der Waals surface area contributed by atoms with Gasteiger partial charge in [0, 0.05) is 5.56 Å². The zero-order valence-electron chi connectivity index (χ0n) is 11.4. The van der Waals surface area contributed by atoms with Crippen LogP contribution in [0.3, 0.4) is 0 Å². The largest absolute Gasteiger partial charge is 0.494 e. The molecule has 2 rings (SSSR count). The maximum Gasteiger partial charge on any atom is 0.171 e. The van der Waals surface area contributed by atoms with Crippen LogP contribution in [0.2, 0.25) is 0 Å². The molecule has 0 heterocycles. The molecular weight excluding hydrogens is 257 g/mol. The molecule has 0 amide bonds. The van der Waals surface area contributed by atoms with Crippen molar-refractivity contribution in [3.05, 3.63) is 59.4 Å². The lowest BCUT2D eigenvalue weighted by atomic mass is 10.1. The second kappa shape index (κ2) is 6.91. The Bertz CT molecular complexity index is 572. The lowest BCUT2D eigenvalue weighted by molar-refractivity contribution is 0.293. The van der Waals surface area contributed by atoms with Crippen LogP contribution < -0.4 is 15.2 Å². The van der Waals surface area contributed by atoms with Crippen molar-refractivity contribution in [2.75, 3.05) is 13.7 Å². The Labute approximate surface area is 118 Å². The summed E-state index contributed by atoms with van der Waals surface area (Å²) in [7, 11) is 1.44. The highest BCUT2D eigenvalue weighted by molar-refractivity contribution is 5.35. The highest BCUT2D eigenvalue weighted by atomic mass is 19.1. The first-order chi connectivity index (χ1) is 9.76. The van der Waals surface area contributed by atoms with Crippen LogP contribution in [0.5, 0.6) is 11.5 Å². The fourth-order valence-electron chi connectivity index (χ4n) is 1.99. The van der Waals surface area contributed by atoms with Crippen LogP contribution in [0.1, 0.15) is 11.1 Å². The number of methoxy groups -OCH3 is 1. The third-order valence-electron chi connectivity index (χ3n) is 3.03. The van der Waals surface area contributed by atoms with Gasteiger partial charge >= 0.3 is 0 Å². The number of rotatable bonds is 6. The number of halogens is 1. The van der Waals surface area contributed by atoms with E-state index < -0.39 is 0 Å². The highest BCUT2D eigenvalue weighted by Gasteiger charge is 2.09. The van der Waals surface area contributed by atoms with E-state index in [0.29, 0.717) is 12.1 Å².